The summed E-state index contributed by atoms with van der Waals surface area (Å²) in [7, 11) is 0. The van der Waals surface area contributed by atoms with Gasteiger partial charge in [0.05, 0.1) is 13.0 Å². The first kappa shape index (κ1) is 15.5. The Morgan fingerprint density at radius 1 is 1.37 bits per heavy atom. The minimum absolute atomic E-state index is 0.0366. The van der Waals surface area contributed by atoms with Crippen LogP contribution in [0.25, 0.3) is 0 Å². The van der Waals surface area contributed by atoms with Gasteiger partial charge in [0.15, 0.2) is 0 Å². The van der Waals surface area contributed by atoms with Crippen molar-refractivity contribution < 1.29 is 14.6 Å². The van der Waals surface area contributed by atoms with Crippen molar-refractivity contribution in [3.63, 3.8) is 0 Å². The lowest BCUT2D eigenvalue weighted by Crippen LogP contribution is -2.46. The van der Waals surface area contributed by atoms with Crippen molar-refractivity contribution in [3.8, 4) is 5.75 Å². The molecule has 19 heavy (non-hydrogen) atoms. The highest BCUT2D eigenvalue weighted by atomic mass is 16.5. The third-order valence-corrected chi connectivity index (χ3v) is 2.57. The molecule has 106 valence electrons. The molecule has 1 unspecified atom stereocenters. The third-order valence-electron chi connectivity index (χ3n) is 2.57. The fraction of sp³-hybridized carbons (Fsp3) is 0.500. The Morgan fingerprint density at radius 3 is 2.58 bits per heavy atom. The van der Waals surface area contributed by atoms with Gasteiger partial charge in [0.25, 0.3) is 0 Å². The van der Waals surface area contributed by atoms with Crippen LogP contribution in [0.2, 0.25) is 0 Å². The molecule has 1 atom stereocenters. The highest BCUT2D eigenvalue weighted by Crippen LogP contribution is 2.07. The molecule has 1 aliphatic heterocycles. The van der Waals surface area contributed by atoms with E-state index in [9.17, 15) is 4.79 Å². The number of carbonyl (C=O) groups is 1. The Morgan fingerprint density at radius 2 is 2.11 bits per heavy atom. The van der Waals surface area contributed by atoms with Crippen molar-refractivity contribution in [3.05, 3.63) is 30.3 Å². The molecule has 0 aliphatic carbocycles. The number of para-hydroxylation sites is 1. The van der Waals surface area contributed by atoms with E-state index in [1.54, 1.807) is 12.1 Å². The average Bonchev–Trinajstić information content (AvgIpc) is 2.41. The summed E-state index contributed by atoms with van der Waals surface area (Å²) in [5, 5.41) is 14.9. The molecule has 3 N–H and O–H groups in total. The first-order valence-electron chi connectivity index (χ1n) is 6.52. The Hall–Kier alpha value is -1.59. The number of carboxylic acid groups (broad SMARTS) is 1. The molecule has 0 radical (unpaired) electrons. The molecule has 5 nitrogen and oxygen atoms in total. The zero-order valence-corrected chi connectivity index (χ0v) is 11.3. The smallest absolute Gasteiger partial charge is 0.306 e. The molecule has 5 heteroatoms. The van der Waals surface area contributed by atoms with Crippen molar-refractivity contribution >= 4 is 5.97 Å². The monoisotopic (exact) mass is 266 g/mol. The van der Waals surface area contributed by atoms with Gasteiger partial charge < -0.3 is 20.5 Å². The minimum Gasteiger partial charge on any atom is -0.493 e. The maximum atomic E-state index is 10.1. The number of rotatable bonds is 4. The fourth-order valence-electron chi connectivity index (χ4n) is 1.57. The molecule has 1 aliphatic rings. The molecule has 1 heterocycles. The molecular formula is C14H22N2O3. The van der Waals surface area contributed by atoms with Crippen LogP contribution >= 0.6 is 0 Å². The summed E-state index contributed by atoms with van der Waals surface area (Å²) in [5.41, 5.74) is 0. The highest BCUT2D eigenvalue weighted by Gasteiger charge is 2.03. The lowest BCUT2D eigenvalue weighted by molar-refractivity contribution is -0.137. The van der Waals surface area contributed by atoms with E-state index in [1.807, 2.05) is 18.2 Å². The maximum absolute atomic E-state index is 10.1. The van der Waals surface area contributed by atoms with Gasteiger partial charge in [0.2, 0.25) is 0 Å². The van der Waals surface area contributed by atoms with Gasteiger partial charge in [-0.1, -0.05) is 18.2 Å². The van der Waals surface area contributed by atoms with Crippen LogP contribution < -0.4 is 15.4 Å². The summed E-state index contributed by atoms with van der Waals surface area (Å²) >= 11 is 0. The zero-order valence-electron chi connectivity index (χ0n) is 11.3. The maximum Gasteiger partial charge on any atom is 0.306 e. The van der Waals surface area contributed by atoms with Gasteiger partial charge in [0, 0.05) is 25.7 Å². The number of hydrogen-bond donors (Lipinski definition) is 3. The highest BCUT2D eigenvalue weighted by molar-refractivity contribution is 5.66. The van der Waals surface area contributed by atoms with Crippen LogP contribution in [0.15, 0.2) is 30.3 Å². The number of carboxylic acids is 1. The van der Waals surface area contributed by atoms with Crippen LogP contribution in [0, 0.1) is 0 Å². The predicted molar refractivity (Wildman–Crippen MR) is 74.5 cm³/mol. The van der Waals surface area contributed by atoms with Crippen LogP contribution in [0.5, 0.6) is 5.75 Å². The average molecular weight is 266 g/mol. The summed E-state index contributed by atoms with van der Waals surface area (Å²) in [6.07, 6.45) is 0.0366. The molecule has 1 aromatic rings. The van der Waals surface area contributed by atoms with Crippen LogP contribution in [0.4, 0.5) is 0 Å². The van der Waals surface area contributed by atoms with Gasteiger partial charge in [-0.25, -0.2) is 0 Å². The van der Waals surface area contributed by atoms with E-state index < -0.39 is 5.97 Å². The van der Waals surface area contributed by atoms with E-state index in [0.29, 0.717) is 11.8 Å². The van der Waals surface area contributed by atoms with Gasteiger partial charge in [-0.3, -0.25) is 4.79 Å². The van der Waals surface area contributed by atoms with E-state index >= 15 is 0 Å². The first-order chi connectivity index (χ1) is 9.18. The number of aliphatic carboxylic acids is 1. The molecule has 0 bridgehead atoms. The SMILES string of the molecule is CC1CNCCN1.O=C(O)CCOc1ccccc1. The largest absolute Gasteiger partial charge is 0.493 e. The molecule has 1 fully saturated rings. The van der Waals surface area contributed by atoms with E-state index in [0.717, 1.165) is 19.6 Å². The normalized spacial score (nSPS) is 18.1. The zero-order chi connectivity index (χ0) is 13.9. The molecule has 1 saturated heterocycles. The van der Waals surface area contributed by atoms with Crippen LogP contribution in [0.3, 0.4) is 0 Å². The summed E-state index contributed by atoms with van der Waals surface area (Å²) in [5.74, 6) is -0.135. The van der Waals surface area contributed by atoms with Gasteiger partial charge >= 0.3 is 5.97 Å². The molecule has 0 amide bonds. The Kier molecular flexibility index (Phi) is 7.62. The van der Waals surface area contributed by atoms with E-state index in [4.69, 9.17) is 9.84 Å². The lowest BCUT2D eigenvalue weighted by Gasteiger charge is -2.19. The van der Waals surface area contributed by atoms with E-state index in [-0.39, 0.29) is 13.0 Å². The Balaban J connectivity index is 0.000000218. The number of benzene rings is 1. The summed E-state index contributed by atoms with van der Waals surface area (Å²) < 4.78 is 5.14. The van der Waals surface area contributed by atoms with E-state index in [1.165, 1.54) is 0 Å². The van der Waals surface area contributed by atoms with Crippen LogP contribution in [-0.4, -0.2) is 43.4 Å². The second kappa shape index (κ2) is 9.35. The van der Waals surface area contributed by atoms with Gasteiger partial charge in [-0.15, -0.1) is 0 Å². The number of nitrogens with one attached hydrogen (secondary N) is 2. The molecule has 0 aromatic heterocycles. The van der Waals surface area contributed by atoms with Crippen LogP contribution in [0.1, 0.15) is 13.3 Å². The van der Waals surface area contributed by atoms with Gasteiger partial charge in [0.1, 0.15) is 5.75 Å². The number of hydrogen-bond acceptors (Lipinski definition) is 4. The quantitative estimate of drug-likeness (QED) is 0.761. The molecule has 1 aromatic carbocycles. The molecular weight excluding hydrogens is 244 g/mol. The van der Waals surface area contributed by atoms with Crippen molar-refractivity contribution in [2.24, 2.45) is 0 Å². The van der Waals surface area contributed by atoms with Gasteiger partial charge in [-0.2, -0.15) is 0 Å². The standard InChI is InChI=1S/C9H10O3.C5H12N2/c10-9(11)6-7-12-8-4-2-1-3-5-8;1-5-4-6-2-3-7-5/h1-5H,6-7H2,(H,10,11);5-7H,2-4H2,1H3. The summed E-state index contributed by atoms with van der Waals surface area (Å²) in [4.78, 5) is 10.1. The minimum atomic E-state index is -0.842. The van der Waals surface area contributed by atoms with Crippen molar-refractivity contribution in [2.75, 3.05) is 26.2 Å². The third kappa shape index (κ3) is 8.18. The van der Waals surface area contributed by atoms with Crippen LogP contribution in [-0.2, 0) is 4.79 Å². The Bertz CT molecular complexity index is 351. The van der Waals surface area contributed by atoms with Crippen molar-refractivity contribution in [1.29, 1.82) is 0 Å². The fourth-order valence-corrected chi connectivity index (χ4v) is 1.57. The topological polar surface area (TPSA) is 70.6 Å². The number of piperazine rings is 1. The molecule has 2 rings (SSSR count). The van der Waals surface area contributed by atoms with Crippen molar-refractivity contribution in [2.45, 2.75) is 19.4 Å². The number of ether oxygens (including phenoxy) is 1. The second-order valence-electron chi connectivity index (χ2n) is 4.36. The second-order valence-corrected chi connectivity index (χ2v) is 4.36. The summed E-state index contributed by atoms with van der Waals surface area (Å²) in [6.45, 7) is 5.79. The van der Waals surface area contributed by atoms with E-state index in [2.05, 4.69) is 17.6 Å². The van der Waals surface area contributed by atoms with Crippen molar-refractivity contribution in [1.82, 2.24) is 10.6 Å². The Labute approximate surface area is 114 Å². The lowest BCUT2D eigenvalue weighted by atomic mass is 10.3. The molecule has 0 saturated carbocycles. The predicted octanol–water partition coefficient (Wildman–Crippen LogP) is 1.11. The molecule has 0 spiro atoms. The summed E-state index contributed by atoms with van der Waals surface area (Å²) in [6, 6.07) is 9.83. The first-order valence-corrected chi connectivity index (χ1v) is 6.52. The van der Waals surface area contributed by atoms with Gasteiger partial charge in [-0.05, 0) is 19.1 Å².